The summed E-state index contributed by atoms with van der Waals surface area (Å²) in [7, 11) is 1.43. The summed E-state index contributed by atoms with van der Waals surface area (Å²) in [6.45, 7) is 3.34. The van der Waals surface area contributed by atoms with Crippen molar-refractivity contribution in [2.75, 3.05) is 13.7 Å². The molecule has 6 heteroatoms. The Bertz CT molecular complexity index is 983. The molecule has 1 heterocycles. The quantitative estimate of drug-likeness (QED) is 0.684. The second kappa shape index (κ2) is 8.92. The number of hydrogen-bond acceptors (Lipinski definition) is 3. The molecule has 0 spiro atoms. The number of methoxy groups -OCH3 is 1. The fourth-order valence-electron chi connectivity index (χ4n) is 3.78. The van der Waals surface area contributed by atoms with E-state index in [2.05, 4.69) is 10.2 Å². The number of carbonyl (C=O) groups is 1. The van der Waals surface area contributed by atoms with Crippen molar-refractivity contribution in [3.05, 3.63) is 82.0 Å². The molecular formula is C24H26ClN3O2. The predicted molar refractivity (Wildman–Crippen MR) is 119 cm³/mol. The van der Waals surface area contributed by atoms with E-state index in [1.54, 1.807) is 0 Å². The van der Waals surface area contributed by atoms with E-state index in [0.29, 0.717) is 23.1 Å². The lowest BCUT2D eigenvalue weighted by Gasteiger charge is -2.38. The first-order chi connectivity index (χ1) is 14.6. The second-order valence-corrected chi connectivity index (χ2v) is 8.24. The molecule has 0 radical (unpaired) electrons. The Morgan fingerprint density at radius 1 is 1.20 bits per heavy atom. The molecular weight excluding hydrogens is 398 g/mol. The lowest BCUT2D eigenvalue weighted by Crippen LogP contribution is -2.49. The van der Waals surface area contributed by atoms with Gasteiger partial charge in [-0.25, -0.2) is 9.79 Å². The van der Waals surface area contributed by atoms with Crippen LogP contribution in [0.5, 0.6) is 0 Å². The van der Waals surface area contributed by atoms with Crippen molar-refractivity contribution in [3.63, 3.8) is 0 Å². The van der Waals surface area contributed by atoms with Crippen LogP contribution in [-0.4, -0.2) is 30.5 Å². The summed E-state index contributed by atoms with van der Waals surface area (Å²) < 4.78 is 5.14. The Hall–Kier alpha value is -2.79. The Balaban J connectivity index is 1.73. The number of halogens is 1. The van der Waals surface area contributed by atoms with Crippen molar-refractivity contribution in [2.24, 2.45) is 10.9 Å². The van der Waals surface area contributed by atoms with Gasteiger partial charge in [-0.2, -0.15) is 0 Å². The molecule has 156 valence electrons. The number of benzene rings is 2. The molecule has 0 saturated heterocycles. The Morgan fingerprint density at radius 2 is 1.97 bits per heavy atom. The minimum atomic E-state index is -0.316. The van der Waals surface area contributed by atoms with Crippen LogP contribution in [0, 0.1) is 5.92 Å². The highest BCUT2D eigenvalue weighted by Gasteiger charge is 2.37. The summed E-state index contributed by atoms with van der Waals surface area (Å²) in [5.41, 5.74) is 3.57. The lowest BCUT2D eigenvalue weighted by atomic mass is 9.94. The first kappa shape index (κ1) is 20.5. The largest absolute Gasteiger partial charge is 0.466 e. The van der Waals surface area contributed by atoms with E-state index >= 15 is 0 Å². The normalized spacial score (nSPS) is 20.3. The predicted octanol–water partition coefficient (Wildman–Crippen LogP) is 4.70. The number of allylic oxidation sites excluding steroid dienone is 1. The van der Waals surface area contributed by atoms with Crippen LogP contribution in [0.3, 0.4) is 0 Å². The Labute approximate surface area is 182 Å². The maximum Gasteiger partial charge on any atom is 0.337 e. The molecule has 1 N–H and O–H groups in total. The second-order valence-electron chi connectivity index (χ2n) is 7.80. The van der Waals surface area contributed by atoms with E-state index in [0.717, 1.165) is 29.3 Å². The summed E-state index contributed by atoms with van der Waals surface area (Å²) in [6.07, 6.45) is 2.42. The number of ether oxygens (including phenoxy) is 1. The van der Waals surface area contributed by atoms with Crippen LogP contribution in [-0.2, 0) is 16.1 Å². The third-order valence-corrected chi connectivity index (χ3v) is 5.82. The average Bonchev–Trinajstić information content (AvgIpc) is 3.58. The third kappa shape index (κ3) is 4.51. The zero-order chi connectivity index (χ0) is 21.1. The Kier molecular flexibility index (Phi) is 6.09. The van der Waals surface area contributed by atoms with E-state index in [9.17, 15) is 4.79 Å². The van der Waals surface area contributed by atoms with Gasteiger partial charge in [-0.3, -0.25) is 0 Å². The highest BCUT2D eigenvalue weighted by atomic mass is 35.5. The van der Waals surface area contributed by atoms with Crippen molar-refractivity contribution in [3.8, 4) is 0 Å². The number of nitrogens with zero attached hydrogens (tertiary/aromatic N) is 2. The minimum Gasteiger partial charge on any atom is -0.466 e. The summed E-state index contributed by atoms with van der Waals surface area (Å²) in [6, 6.07) is 17.4. The van der Waals surface area contributed by atoms with Crippen LogP contribution >= 0.6 is 11.6 Å². The third-order valence-electron chi connectivity index (χ3n) is 5.59. The number of carbonyl (C=O) groups excluding carboxylic acids is 1. The zero-order valence-electron chi connectivity index (χ0n) is 17.3. The van der Waals surface area contributed by atoms with Gasteiger partial charge in [-0.1, -0.05) is 54.1 Å². The van der Waals surface area contributed by atoms with E-state index in [-0.39, 0.29) is 12.0 Å². The van der Waals surface area contributed by atoms with E-state index in [1.807, 2.05) is 61.5 Å². The van der Waals surface area contributed by atoms with Crippen molar-refractivity contribution >= 4 is 23.5 Å². The van der Waals surface area contributed by atoms with Crippen LogP contribution in [0.2, 0.25) is 5.02 Å². The number of esters is 1. The molecule has 0 unspecified atom stereocenters. The summed E-state index contributed by atoms with van der Waals surface area (Å²) >= 11 is 6.14. The molecule has 1 aliphatic heterocycles. The molecule has 1 aliphatic carbocycles. The van der Waals surface area contributed by atoms with Gasteiger partial charge in [0.1, 0.15) is 0 Å². The van der Waals surface area contributed by atoms with Crippen LogP contribution in [0.1, 0.15) is 36.9 Å². The van der Waals surface area contributed by atoms with Crippen molar-refractivity contribution in [2.45, 2.75) is 32.4 Å². The van der Waals surface area contributed by atoms with Crippen LogP contribution in [0.15, 0.2) is 70.9 Å². The Morgan fingerprint density at radius 3 is 2.63 bits per heavy atom. The minimum absolute atomic E-state index is 0.313. The van der Waals surface area contributed by atoms with Crippen LogP contribution < -0.4 is 5.32 Å². The highest BCUT2D eigenvalue weighted by Crippen LogP contribution is 2.36. The van der Waals surface area contributed by atoms with Gasteiger partial charge in [-0.15, -0.1) is 0 Å². The molecule has 5 nitrogen and oxygen atoms in total. The fourth-order valence-corrected chi connectivity index (χ4v) is 3.99. The van der Waals surface area contributed by atoms with Gasteiger partial charge in [0.25, 0.3) is 0 Å². The van der Waals surface area contributed by atoms with Gasteiger partial charge in [0.05, 0.1) is 25.3 Å². The monoisotopic (exact) mass is 423 g/mol. The van der Waals surface area contributed by atoms with Crippen molar-refractivity contribution < 1.29 is 9.53 Å². The van der Waals surface area contributed by atoms with Gasteiger partial charge in [-0.05, 0) is 48.9 Å². The maximum atomic E-state index is 12.7. The first-order valence-electron chi connectivity index (χ1n) is 10.2. The van der Waals surface area contributed by atoms with E-state index in [4.69, 9.17) is 21.3 Å². The fraction of sp³-hybridized carbons (Fsp3) is 0.333. The lowest BCUT2D eigenvalue weighted by molar-refractivity contribution is -0.136. The summed E-state index contributed by atoms with van der Waals surface area (Å²) in [5.74, 6) is 1.09. The molecule has 4 rings (SSSR count). The molecule has 2 aromatic rings. The van der Waals surface area contributed by atoms with Crippen LogP contribution in [0.25, 0.3) is 0 Å². The first-order valence-corrected chi connectivity index (χ1v) is 10.6. The summed E-state index contributed by atoms with van der Waals surface area (Å²) in [5, 5.41) is 4.22. The van der Waals surface area contributed by atoms with Crippen LogP contribution in [0.4, 0.5) is 0 Å². The average molecular weight is 424 g/mol. The molecule has 0 aromatic heterocycles. The molecule has 1 atom stereocenters. The molecule has 2 aromatic carbocycles. The maximum absolute atomic E-state index is 12.7. The van der Waals surface area contributed by atoms with E-state index < -0.39 is 0 Å². The van der Waals surface area contributed by atoms with E-state index in [1.165, 1.54) is 20.0 Å². The number of guanidine groups is 1. The van der Waals surface area contributed by atoms with Gasteiger partial charge in [0.2, 0.25) is 0 Å². The van der Waals surface area contributed by atoms with Gasteiger partial charge >= 0.3 is 5.97 Å². The molecule has 0 amide bonds. The smallest absolute Gasteiger partial charge is 0.337 e. The van der Waals surface area contributed by atoms with Gasteiger partial charge in [0.15, 0.2) is 5.96 Å². The van der Waals surface area contributed by atoms with Crippen molar-refractivity contribution in [1.29, 1.82) is 0 Å². The SMILES string of the molecule is COC(=O)C1=C(C)N(CC2CC2)C(=NCc2cccc(Cl)c2)N[C@H]1c1ccccc1. The molecule has 2 aliphatic rings. The molecule has 30 heavy (non-hydrogen) atoms. The standard InChI is InChI=1S/C24H26ClN3O2/c1-16-21(23(29)30-2)22(19-8-4-3-5-9-19)27-24(28(16)15-17-11-12-17)26-14-18-7-6-10-20(25)13-18/h3-10,13,17,22H,11-12,14-15H2,1-2H3,(H,26,27)/t22-/m0/s1. The topological polar surface area (TPSA) is 53.9 Å². The van der Waals surface area contributed by atoms with Crippen molar-refractivity contribution in [1.82, 2.24) is 10.2 Å². The zero-order valence-corrected chi connectivity index (χ0v) is 18.0. The number of nitrogens with one attached hydrogen (secondary N) is 1. The number of hydrogen-bond donors (Lipinski definition) is 1. The molecule has 1 saturated carbocycles. The highest BCUT2D eigenvalue weighted by molar-refractivity contribution is 6.30. The van der Waals surface area contributed by atoms with Gasteiger partial charge < -0.3 is 15.0 Å². The molecule has 1 fully saturated rings. The summed E-state index contributed by atoms with van der Waals surface area (Å²) in [4.78, 5) is 19.8. The molecule has 0 bridgehead atoms. The van der Waals surface area contributed by atoms with Gasteiger partial charge in [0, 0.05) is 17.3 Å². The number of aliphatic imine (C=N–C) groups is 1. The number of rotatable bonds is 6.